The Labute approximate surface area is 101 Å². The van der Waals surface area contributed by atoms with Crippen LogP contribution in [-0.4, -0.2) is 25.5 Å². The van der Waals surface area contributed by atoms with Crippen LogP contribution in [0.5, 0.6) is 5.75 Å². The zero-order valence-corrected chi connectivity index (χ0v) is 10.3. The van der Waals surface area contributed by atoms with E-state index in [1.54, 1.807) is 19.1 Å². The highest BCUT2D eigenvalue weighted by atomic mass is 16.6. The van der Waals surface area contributed by atoms with E-state index >= 15 is 0 Å². The maximum absolute atomic E-state index is 11.0. The Kier molecular flexibility index (Phi) is 4.69. The van der Waals surface area contributed by atoms with E-state index in [2.05, 4.69) is 4.74 Å². The molecule has 0 saturated heterocycles. The molecule has 0 heterocycles. The summed E-state index contributed by atoms with van der Waals surface area (Å²) in [6, 6.07) is 5.39. The molecule has 1 rings (SSSR count). The van der Waals surface area contributed by atoms with Crippen molar-refractivity contribution in [3.8, 4) is 5.75 Å². The Balaban J connectivity index is 2.68. The molecule has 0 amide bonds. The first-order valence-electron chi connectivity index (χ1n) is 5.31. The van der Waals surface area contributed by atoms with Crippen molar-refractivity contribution in [2.24, 2.45) is 0 Å². The molecular formula is C13H16O4. The molecule has 1 aromatic carbocycles. The smallest absolute Gasteiger partial charge is 0.343 e. The fraction of sp³-hybridized carbons (Fsp3) is 0.385. The Morgan fingerprint density at radius 2 is 2.00 bits per heavy atom. The minimum absolute atomic E-state index is 0.109. The molecule has 0 fully saturated rings. The van der Waals surface area contributed by atoms with E-state index in [4.69, 9.17) is 4.74 Å². The molecule has 0 N–H and O–H groups in total. The standard InChI is InChI=1S/C13H16O4/c1-9-6-12(17-8-13(15)16-3)5-4-11(9)7-10(2)14/h4-6H,7-8H2,1-3H3. The zero-order valence-electron chi connectivity index (χ0n) is 10.3. The largest absolute Gasteiger partial charge is 0.482 e. The molecule has 0 aliphatic heterocycles. The number of carbonyl (C=O) groups is 2. The van der Waals surface area contributed by atoms with E-state index in [0.29, 0.717) is 12.2 Å². The summed E-state index contributed by atoms with van der Waals surface area (Å²) in [7, 11) is 1.31. The molecule has 0 bridgehead atoms. The average molecular weight is 236 g/mol. The fourth-order valence-corrected chi connectivity index (χ4v) is 1.43. The van der Waals surface area contributed by atoms with Gasteiger partial charge in [0.1, 0.15) is 11.5 Å². The van der Waals surface area contributed by atoms with Crippen LogP contribution >= 0.6 is 0 Å². The van der Waals surface area contributed by atoms with E-state index in [1.165, 1.54) is 7.11 Å². The van der Waals surface area contributed by atoms with E-state index in [0.717, 1.165) is 11.1 Å². The molecule has 17 heavy (non-hydrogen) atoms. The number of esters is 1. The second kappa shape index (κ2) is 6.03. The van der Waals surface area contributed by atoms with Crippen molar-refractivity contribution in [2.45, 2.75) is 20.3 Å². The van der Waals surface area contributed by atoms with Gasteiger partial charge in [0.2, 0.25) is 0 Å². The quantitative estimate of drug-likeness (QED) is 0.730. The lowest BCUT2D eigenvalue weighted by Crippen LogP contribution is -2.12. The van der Waals surface area contributed by atoms with Crippen molar-refractivity contribution in [3.05, 3.63) is 29.3 Å². The summed E-state index contributed by atoms with van der Waals surface area (Å²) < 4.78 is 9.71. The van der Waals surface area contributed by atoms with Crippen molar-refractivity contribution >= 4 is 11.8 Å². The van der Waals surface area contributed by atoms with Crippen molar-refractivity contribution < 1.29 is 19.1 Å². The van der Waals surface area contributed by atoms with Crippen molar-refractivity contribution in [1.82, 2.24) is 0 Å². The number of carbonyl (C=O) groups excluding carboxylic acids is 2. The number of benzene rings is 1. The average Bonchev–Trinajstić information content (AvgIpc) is 2.28. The van der Waals surface area contributed by atoms with Crippen molar-refractivity contribution in [2.75, 3.05) is 13.7 Å². The van der Waals surface area contributed by atoms with Gasteiger partial charge in [0.25, 0.3) is 0 Å². The van der Waals surface area contributed by atoms with E-state index in [1.807, 2.05) is 13.0 Å². The Morgan fingerprint density at radius 1 is 1.29 bits per heavy atom. The van der Waals surface area contributed by atoms with Crippen LogP contribution in [0, 0.1) is 6.92 Å². The van der Waals surface area contributed by atoms with Crippen LogP contribution < -0.4 is 4.74 Å². The molecule has 1 aromatic rings. The minimum Gasteiger partial charge on any atom is -0.482 e. The molecular weight excluding hydrogens is 220 g/mol. The van der Waals surface area contributed by atoms with Crippen LogP contribution in [0.2, 0.25) is 0 Å². The number of ether oxygens (including phenoxy) is 2. The van der Waals surface area contributed by atoms with E-state index in [-0.39, 0.29) is 12.4 Å². The summed E-state index contributed by atoms with van der Waals surface area (Å²) in [6.07, 6.45) is 0.420. The lowest BCUT2D eigenvalue weighted by molar-refractivity contribution is -0.142. The Hall–Kier alpha value is -1.84. The monoisotopic (exact) mass is 236 g/mol. The van der Waals surface area contributed by atoms with Gasteiger partial charge in [0.15, 0.2) is 6.61 Å². The Morgan fingerprint density at radius 3 is 2.53 bits per heavy atom. The number of methoxy groups -OCH3 is 1. The van der Waals surface area contributed by atoms with Gasteiger partial charge in [-0.25, -0.2) is 4.79 Å². The molecule has 92 valence electrons. The van der Waals surface area contributed by atoms with Gasteiger partial charge in [-0.05, 0) is 37.1 Å². The summed E-state index contributed by atoms with van der Waals surface area (Å²) in [5.74, 6) is 0.298. The number of rotatable bonds is 5. The van der Waals surface area contributed by atoms with Gasteiger partial charge < -0.3 is 9.47 Å². The molecule has 0 unspecified atom stereocenters. The summed E-state index contributed by atoms with van der Waals surface area (Å²) in [5.41, 5.74) is 1.95. The molecule has 4 nitrogen and oxygen atoms in total. The third kappa shape index (κ3) is 4.26. The second-order valence-electron chi connectivity index (χ2n) is 3.83. The van der Waals surface area contributed by atoms with Crippen LogP contribution in [0.3, 0.4) is 0 Å². The van der Waals surface area contributed by atoms with E-state index in [9.17, 15) is 9.59 Å². The highest BCUT2D eigenvalue weighted by molar-refractivity contribution is 5.78. The summed E-state index contributed by atoms with van der Waals surface area (Å²) in [5, 5.41) is 0. The zero-order chi connectivity index (χ0) is 12.8. The first kappa shape index (κ1) is 13.2. The predicted octanol–water partition coefficient (Wildman–Crippen LogP) is 1.68. The molecule has 4 heteroatoms. The maximum Gasteiger partial charge on any atom is 0.343 e. The van der Waals surface area contributed by atoms with Crippen LogP contribution in [0.25, 0.3) is 0 Å². The number of ketones is 1. The van der Waals surface area contributed by atoms with Gasteiger partial charge in [-0.1, -0.05) is 6.07 Å². The number of hydrogen-bond acceptors (Lipinski definition) is 4. The first-order valence-corrected chi connectivity index (χ1v) is 5.31. The molecule has 0 aromatic heterocycles. The van der Waals surface area contributed by atoms with Crippen molar-refractivity contribution in [1.29, 1.82) is 0 Å². The third-order valence-electron chi connectivity index (χ3n) is 2.34. The summed E-state index contributed by atoms with van der Waals surface area (Å²) in [4.78, 5) is 21.9. The second-order valence-corrected chi connectivity index (χ2v) is 3.83. The highest BCUT2D eigenvalue weighted by Gasteiger charge is 2.05. The van der Waals surface area contributed by atoms with Crippen LogP contribution in [-0.2, 0) is 20.7 Å². The molecule has 0 aliphatic carbocycles. The lowest BCUT2D eigenvalue weighted by Gasteiger charge is -2.08. The first-order chi connectivity index (χ1) is 8.02. The molecule has 0 aliphatic rings. The maximum atomic E-state index is 11.0. The lowest BCUT2D eigenvalue weighted by atomic mass is 10.0. The van der Waals surface area contributed by atoms with Gasteiger partial charge in [-0.15, -0.1) is 0 Å². The van der Waals surface area contributed by atoms with E-state index < -0.39 is 5.97 Å². The minimum atomic E-state index is -0.421. The molecule has 0 atom stereocenters. The third-order valence-corrected chi connectivity index (χ3v) is 2.34. The van der Waals surface area contributed by atoms with Gasteiger partial charge in [0, 0.05) is 6.42 Å². The Bertz CT molecular complexity index is 423. The van der Waals surface area contributed by atoms with Gasteiger partial charge in [0.05, 0.1) is 7.11 Å². The van der Waals surface area contributed by atoms with Crippen LogP contribution in [0.15, 0.2) is 18.2 Å². The van der Waals surface area contributed by atoms with Crippen molar-refractivity contribution in [3.63, 3.8) is 0 Å². The van der Waals surface area contributed by atoms with Gasteiger partial charge in [-0.2, -0.15) is 0 Å². The number of hydrogen-bond donors (Lipinski definition) is 0. The van der Waals surface area contributed by atoms with Crippen LogP contribution in [0.1, 0.15) is 18.1 Å². The SMILES string of the molecule is COC(=O)COc1ccc(CC(C)=O)c(C)c1. The highest BCUT2D eigenvalue weighted by Crippen LogP contribution is 2.17. The van der Waals surface area contributed by atoms with Gasteiger partial charge in [-0.3, -0.25) is 4.79 Å². The number of aryl methyl sites for hydroxylation is 1. The summed E-state index contributed by atoms with van der Waals surface area (Å²) >= 11 is 0. The summed E-state index contributed by atoms with van der Waals surface area (Å²) in [6.45, 7) is 3.35. The van der Waals surface area contributed by atoms with Crippen LogP contribution in [0.4, 0.5) is 0 Å². The molecule has 0 radical (unpaired) electrons. The normalized spacial score (nSPS) is 9.82. The predicted molar refractivity (Wildman–Crippen MR) is 63.1 cm³/mol. The fourth-order valence-electron chi connectivity index (χ4n) is 1.43. The molecule has 0 saturated carbocycles. The van der Waals surface area contributed by atoms with Gasteiger partial charge >= 0.3 is 5.97 Å². The topological polar surface area (TPSA) is 52.6 Å². The molecule has 0 spiro atoms. The number of Topliss-reactive ketones (excluding diaryl/α,β-unsaturated/α-hetero) is 1.